The molecule has 4 heteroatoms. The Balaban J connectivity index is 0.00000562. The zero-order valence-corrected chi connectivity index (χ0v) is 32.8. The third-order valence-electron chi connectivity index (χ3n) is 9.54. The summed E-state index contributed by atoms with van der Waals surface area (Å²) in [6.07, 6.45) is 15.5. The van der Waals surface area contributed by atoms with E-state index in [1.54, 1.807) is 6.20 Å². The van der Waals surface area contributed by atoms with E-state index in [1.165, 1.54) is 62.5 Å². The second-order valence-corrected chi connectivity index (χ2v) is 13.3. The zero-order valence-electron chi connectivity index (χ0n) is 30.4. The maximum atomic E-state index is 6.57. The zero-order chi connectivity index (χ0) is 34.3. The number of hydrogen-bond acceptors (Lipinski definition) is 3. The summed E-state index contributed by atoms with van der Waals surface area (Å²) >= 11 is 0. The Bertz CT molecular complexity index is 1600. The van der Waals surface area contributed by atoms with Crippen LogP contribution in [0.3, 0.4) is 0 Å². The first-order valence-corrected chi connectivity index (χ1v) is 18.7. The predicted molar refractivity (Wildman–Crippen MR) is 206 cm³/mol. The molecule has 0 spiro atoms. The van der Waals surface area contributed by atoms with Crippen LogP contribution in [0.15, 0.2) is 109 Å². The molecule has 0 amide bonds. The molecule has 1 heterocycles. The molecule has 3 nitrogen and oxygen atoms in total. The van der Waals surface area contributed by atoms with Crippen LogP contribution in [0, 0.1) is 12.0 Å². The third kappa shape index (κ3) is 11.7. The Morgan fingerprint density at radius 3 is 1.92 bits per heavy atom. The molecule has 0 saturated carbocycles. The van der Waals surface area contributed by atoms with Crippen molar-refractivity contribution in [3.8, 4) is 50.8 Å². The van der Waals surface area contributed by atoms with Crippen molar-refractivity contribution < 1.29 is 29.6 Å². The van der Waals surface area contributed by atoms with Gasteiger partial charge in [-0.05, 0) is 102 Å². The van der Waals surface area contributed by atoms with Crippen LogP contribution in [0.25, 0.3) is 33.5 Å². The summed E-state index contributed by atoms with van der Waals surface area (Å²) in [5.74, 6) is 3.22. The molecule has 0 fully saturated rings. The maximum Gasteiger partial charge on any atom is 0.126 e. The first-order chi connectivity index (χ1) is 24.1. The standard InChI is InChI=1S/C46H54NO2.Ir/c1-5-9-11-16-35(7-3)30-36-21-23-37(24-22-36)40-31-41(38-25-27-43(28-26-38)48-42(8-4)18-12-10-6-2)34-45(33-40)49-44-19-15-17-39(32-44)46-20-13-14-29-47-46;/h13-15,19-29,31-35,42H,5-12,16,18,30H2,1-4H3;/q-1;. The number of nitrogens with zero attached hydrogens (tertiary/aromatic N) is 1. The molecule has 1 radical (unpaired) electrons. The Hall–Kier alpha value is -3.72. The molecule has 4 aromatic carbocycles. The maximum absolute atomic E-state index is 6.57. The van der Waals surface area contributed by atoms with Crippen molar-refractivity contribution in [3.63, 3.8) is 0 Å². The fraction of sp³-hybridized carbons (Fsp3) is 0.370. The molecular formula is C46H54IrNO2-. The second kappa shape index (κ2) is 20.8. The van der Waals surface area contributed by atoms with Crippen LogP contribution in [-0.4, -0.2) is 11.1 Å². The summed E-state index contributed by atoms with van der Waals surface area (Å²) in [5.41, 5.74) is 7.73. The van der Waals surface area contributed by atoms with Gasteiger partial charge in [-0.1, -0.05) is 121 Å². The topological polar surface area (TPSA) is 31.4 Å². The van der Waals surface area contributed by atoms with E-state index in [9.17, 15) is 0 Å². The van der Waals surface area contributed by atoms with Crippen molar-refractivity contribution in [2.75, 3.05) is 0 Å². The number of rotatable bonds is 19. The molecule has 0 aliphatic rings. The van der Waals surface area contributed by atoms with Gasteiger partial charge >= 0.3 is 0 Å². The monoisotopic (exact) mass is 845 g/mol. The van der Waals surface area contributed by atoms with E-state index in [2.05, 4.69) is 105 Å². The van der Waals surface area contributed by atoms with E-state index in [-0.39, 0.29) is 26.2 Å². The van der Waals surface area contributed by atoms with Crippen LogP contribution in [0.4, 0.5) is 0 Å². The van der Waals surface area contributed by atoms with Crippen LogP contribution in [0.5, 0.6) is 17.2 Å². The summed E-state index contributed by atoms with van der Waals surface area (Å²) in [5, 5.41) is 0. The molecule has 50 heavy (non-hydrogen) atoms. The number of hydrogen-bond donors (Lipinski definition) is 0. The van der Waals surface area contributed by atoms with E-state index >= 15 is 0 Å². The molecule has 5 rings (SSSR count). The molecule has 1 aromatic heterocycles. The second-order valence-electron chi connectivity index (χ2n) is 13.3. The number of ether oxygens (including phenoxy) is 2. The van der Waals surface area contributed by atoms with Gasteiger partial charge in [0.1, 0.15) is 11.5 Å². The fourth-order valence-corrected chi connectivity index (χ4v) is 6.49. The molecule has 0 aliphatic carbocycles. The van der Waals surface area contributed by atoms with Gasteiger partial charge in [-0.25, -0.2) is 0 Å². The Morgan fingerprint density at radius 2 is 1.30 bits per heavy atom. The first-order valence-electron chi connectivity index (χ1n) is 18.7. The Labute approximate surface area is 315 Å². The van der Waals surface area contributed by atoms with Gasteiger partial charge in [0.15, 0.2) is 0 Å². The van der Waals surface area contributed by atoms with Crippen LogP contribution >= 0.6 is 0 Å². The van der Waals surface area contributed by atoms with Gasteiger partial charge in [0.05, 0.1) is 6.10 Å². The van der Waals surface area contributed by atoms with Gasteiger partial charge in [0, 0.05) is 32.1 Å². The molecule has 0 aliphatic heterocycles. The normalized spacial score (nSPS) is 12.2. The Morgan fingerprint density at radius 1 is 0.620 bits per heavy atom. The van der Waals surface area contributed by atoms with Crippen molar-refractivity contribution in [2.45, 2.75) is 104 Å². The number of pyridine rings is 1. The Kier molecular flexibility index (Phi) is 16.3. The van der Waals surface area contributed by atoms with Crippen molar-refractivity contribution >= 4 is 0 Å². The van der Waals surface area contributed by atoms with E-state index < -0.39 is 0 Å². The molecule has 5 aromatic rings. The number of benzene rings is 4. The quantitative estimate of drug-likeness (QED) is 0.0613. The summed E-state index contributed by atoms with van der Waals surface area (Å²) in [7, 11) is 0. The smallest absolute Gasteiger partial charge is 0.126 e. The summed E-state index contributed by atoms with van der Waals surface area (Å²) < 4.78 is 13.0. The van der Waals surface area contributed by atoms with Gasteiger partial charge < -0.3 is 14.5 Å². The molecule has 0 N–H and O–H groups in total. The van der Waals surface area contributed by atoms with E-state index in [4.69, 9.17) is 9.47 Å². The first kappa shape index (κ1) is 39.1. The summed E-state index contributed by atoms with van der Waals surface area (Å²) in [6, 6.07) is 39.3. The third-order valence-corrected chi connectivity index (χ3v) is 9.54. The van der Waals surface area contributed by atoms with Crippen LogP contribution in [0.2, 0.25) is 0 Å². The molecule has 0 bridgehead atoms. The van der Waals surface area contributed by atoms with Crippen LogP contribution in [0.1, 0.15) is 97.5 Å². The average Bonchev–Trinajstić information content (AvgIpc) is 3.15. The van der Waals surface area contributed by atoms with Gasteiger partial charge in [-0.2, -0.15) is 0 Å². The van der Waals surface area contributed by atoms with Gasteiger partial charge in [-0.3, -0.25) is 0 Å². The molecule has 265 valence electrons. The molecule has 2 unspecified atom stereocenters. The van der Waals surface area contributed by atoms with Crippen molar-refractivity contribution in [2.24, 2.45) is 5.92 Å². The fourth-order valence-electron chi connectivity index (χ4n) is 6.49. The number of aromatic nitrogens is 1. The predicted octanol–water partition coefficient (Wildman–Crippen LogP) is 13.6. The van der Waals surface area contributed by atoms with Gasteiger partial charge in [0.2, 0.25) is 0 Å². The molecular weight excluding hydrogens is 791 g/mol. The minimum atomic E-state index is 0. The average molecular weight is 845 g/mol. The van der Waals surface area contributed by atoms with Crippen LogP contribution in [-0.2, 0) is 26.5 Å². The van der Waals surface area contributed by atoms with Crippen molar-refractivity contribution in [1.29, 1.82) is 0 Å². The summed E-state index contributed by atoms with van der Waals surface area (Å²) in [6.45, 7) is 9.07. The van der Waals surface area contributed by atoms with E-state index in [0.717, 1.165) is 70.4 Å². The molecule has 0 saturated heterocycles. The largest absolute Gasteiger partial charge is 0.490 e. The van der Waals surface area contributed by atoms with Crippen LogP contribution < -0.4 is 9.47 Å². The van der Waals surface area contributed by atoms with Crippen molar-refractivity contribution in [3.05, 3.63) is 121 Å². The minimum Gasteiger partial charge on any atom is -0.490 e. The van der Waals surface area contributed by atoms with E-state index in [1.807, 2.05) is 36.4 Å². The molecule has 2 atom stereocenters. The minimum absolute atomic E-state index is 0. The van der Waals surface area contributed by atoms with Gasteiger partial charge in [-0.15, -0.1) is 29.8 Å². The SMILES string of the molecule is CCCCCC(CC)Cc1ccc(-c2cc(Oc3cc[c-]c(-c4ccccn4)c3)cc(-c3ccc(OC(CC)CCCCC)cc3)c2)cc1.[Ir]. The van der Waals surface area contributed by atoms with Crippen molar-refractivity contribution in [1.82, 2.24) is 4.98 Å². The van der Waals surface area contributed by atoms with Gasteiger partial charge in [0.25, 0.3) is 0 Å². The number of unbranched alkanes of at least 4 members (excludes halogenated alkanes) is 4. The van der Waals surface area contributed by atoms with E-state index in [0.29, 0.717) is 0 Å². The summed E-state index contributed by atoms with van der Waals surface area (Å²) in [4.78, 5) is 4.51.